The van der Waals surface area contributed by atoms with Gasteiger partial charge in [0.2, 0.25) is 0 Å². The predicted octanol–water partition coefficient (Wildman–Crippen LogP) is 3.72. The Morgan fingerprint density at radius 3 is 2.42 bits per heavy atom. The van der Waals surface area contributed by atoms with Gasteiger partial charge in [-0.2, -0.15) is 0 Å². The number of carbonyl (C=O) groups is 1. The molecule has 1 N–H and O–H groups in total. The van der Waals surface area contributed by atoms with Gasteiger partial charge in [0.05, 0.1) is 0 Å². The van der Waals surface area contributed by atoms with E-state index in [0.717, 1.165) is 5.56 Å². The second-order valence-electron chi connectivity index (χ2n) is 6.42. The number of benzene rings is 3. The van der Waals surface area contributed by atoms with E-state index in [1.54, 1.807) is 24.3 Å². The van der Waals surface area contributed by atoms with Gasteiger partial charge in [-0.1, -0.05) is 60.7 Å². The number of carbonyl (C=O) groups excluding carboxylic acids is 1. The van der Waals surface area contributed by atoms with Crippen LogP contribution in [0, 0.1) is 5.82 Å². The van der Waals surface area contributed by atoms with Crippen molar-refractivity contribution in [2.24, 2.45) is 0 Å². The molecule has 0 radical (unpaired) electrons. The molecular weight excluding hydrogens is 329 g/mol. The highest BCUT2D eigenvalue weighted by molar-refractivity contribution is 6.00. The summed E-state index contributed by atoms with van der Waals surface area (Å²) in [5, 5.41) is 11.6. The molecule has 1 heterocycles. The molecule has 0 bridgehead atoms. The van der Waals surface area contributed by atoms with E-state index in [1.807, 2.05) is 42.5 Å². The Morgan fingerprint density at radius 1 is 0.923 bits per heavy atom. The first-order valence-electron chi connectivity index (χ1n) is 8.54. The van der Waals surface area contributed by atoms with Crippen molar-refractivity contribution in [3.63, 3.8) is 0 Å². The summed E-state index contributed by atoms with van der Waals surface area (Å²) in [5.41, 5.74) is 0.970. The summed E-state index contributed by atoms with van der Waals surface area (Å²) in [6.07, 6.45) is 0.451. The zero-order chi connectivity index (χ0) is 18.1. The van der Waals surface area contributed by atoms with E-state index in [0.29, 0.717) is 23.1 Å². The van der Waals surface area contributed by atoms with E-state index < -0.39 is 5.72 Å². The molecule has 0 fully saturated rings. The fourth-order valence-corrected chi connectivity index (χ4v) is 3.59. The monoisotopic (exact) mass is 347 g/mol. The molecule has 0 saturated heterocycles. The maximum Gasteiger partial charge on any atom is 0.257 e. The minimum absolute atomic E-state index is 0.219. The third-order valence-electron chi connectivity index (χ3n) is 4.86. The van der Waals surface area contributed by atoms with Gasteiger partial charge in [0.25, 0.3) is 5.91 Å². The van der Waals surface area contributed by atoms with Gasteiger partial charge < -0.3 is 10.0 Å². The molecule has 0 aromatic heterocycles. The summed E-state index contributed by atoms with van der Waals surface area (Å²) in [7, 11) is 0. The van der Waals surface area contributed by atoms with Crippen molar-refractivity contribution in [3.05, 3.63) is 107 Å². The average Bonchev–Trinajstić information content (AvgIpc) is 2.90. The van der Waals surface area contributed by atoms with Crippen LogP contribution in [-0.2, 0) is 12.1 Å². The van der Waals surface area contributed by atoms with Crippen LogP contribution in [0.1, 0.15) is 27.0 Å². The van der Waals surface area contributed by atoms with Crippen molar-refractivity contribution in [2.45, 2.75) is 12.1 Å². The molecule has 1 aliphatic rings. The first-order valence-corrected chi connectivity index (χ1v) is 8.54. The SMILES string of the molecule is O=C1c2ccccc2C(O)(c2ccccc2)N1CCc1cccc(F)c1. The van der Waals surface area contributed by atoms with Crippen molar-refractivity contribution < 1.29 is 14.3 Å². The Morgan fingerprint density at radius 2 is 1.65 bits per heavy atom. The van der Waals surface area contributed by atoms with Crippen LogP contribution in [0.4, 0.5) is 4.39 Å². The van der Waals surface area contributed by atoms with Crippen LogP contribution in [0.15, 0.2) is 78.9 Å². The molecule has 3 nitrogen and oxygen atoms in total. The quantitative estimate of drug-likeness (QED) is 0.781. The highest BCUT2D eigenvalue weighted by Crippen LogP contribution is 2.42. The lowest BCUT2D eigenvalue weighted by Crippen LogP contribution is -2.45. The van der Waals surface area contributed by atoms with Gasteiger partial charge in [-0.3, -0.25) is 4.79 Å². The summed E-state index contributed by atoms with van der Waals surface area (Å²) < 4.78 is 13.4. The Labute approximate surface area is 151 Å². The van der Waals surface area contributed by atoms with Crippen molar-refractivity contribution in [1.82, 2.24) is 4.90 Å². The number of amides is 1. The topological polar surface area (TPSA) is 40.5 Å². The fraction of sp³-hybridized carbons (Fsp3) is 0.136. The van der Waals surface area contributed by atoms with Crippen molar-refractivity contribution >= 4 is 5.91 Å². The highest BCUT2D eigenvalue weighted by atomic mass is 19.1. The number of rotatable bonds is 4. The molecule has 3 aromatic carbocycles. The van der Waals surface area contributed by atoms with Gasteiger partial charge >= 0.3 is 0 Å². The number of fused-ring (bicyclic) bond motifs is 1. The summed E-state index contributed by atoms with van der Waals surface area (Å²) >= 11 is 0. The lowest BCUT2D eigenvalue weighted by atomic mass is 9.93. The Balaban J connectivity index is 1.74. The van der Waals surface area contributed by atoms with Gasteiger partial charge in [-0.25, -0.2) is 4.39 Å². The molecule has 26 heavy (non-hydrogen) atoms. The van der Waals surface area contributed by atoms with E-state index in [-0.39, 0.29) is 18.3 Å². The van der Waals surface area contributed by atoms with E-state index >= 15 is 0 Å². The molecule has 1 atom stereocenters. The minimum atomic E-state index is -1.53. The van der Waals surface area contributed by atoms with Crippen LogP contribution in [0.2, 0.25) is 0 Å². The lowest BCUT2D eigenvalue weighted by molar-refractivity contribution is -0.0493. The van der Waals surface area contributed by atoms with E-state index in [9.17, 15) is 14.3 Å². The number of halogens is 1. The molecular formula is C22H18FNO2. The maximum atomic E-state index is 13.4. The van der Waals surface area contributed by atoms with Crippen LogP contribution >= 0.6 is 0 Å². The van der Waals surface area contributed by atoms with Crippen LogP contribution in [0.25, 0.3) is 0 Å². The summed E-state index contributed by atoms with van der Waals surface area (Å²) in [6, 6.07) is 22.6. The largest absolute Gasteiger partial charge is 0.363 e. The van der Waals surface area contributed by atoms with Gasteiger partial charge in [0, 0.05) is 23.2 Å². The lowest BCUT2D eigenvalue weighted by Gasteiger charge is -2.35. The van der Waals surface area contributed by atoms with E-state index in [4.69, 9.17) is 0 Å². The molecule has 0 spiro atoms. The third-order valence-corrected chi connectivity index (χ3v) is 4.86. The van der Waals surface area contributed by atoms with Crippen LogP contribution in [-0.4, -0.2) is 22.5 Å². The van der Waals surface area contributed by atoms with Crippen LogP contribution in [0.5, 0.6) is 0 Å². The number of hydrogen-bond acceptors (Lipinski definition) is 2. The summed E-state index contributed by atoms with van der Waals surface area (Å²) in [4.78, 5) is 14.4. The number of aliphatic hydroxyl groups is 1. The normalized spacial score (nSPS) is 18.8. The molecule has 1 amide bonds. The summed E-state index contributed by atoms with van der Waals surface area (Å²) in [6.45, 7) is 0.280. The molecule has 3 aromatic rings. The maximum absolute atomic E-state index is 13.4. The van der Waals surface area contributed by atoms with Gasteiger partial charge in [0.1, 0.15) is 5.82 Å². The highest BCUT2D eigenvalue weighted by Gasteiger charge is 2.49. The van der Waals surface area contributed by atoms with Crippen LogP contribution < -0.4 is 0 Å². The second-order valence-corrected chi connectivity index (χ2v) is 6.42. The Hall–Kier alpha value is -2.98. The zero-order valence-electron chi connectivity index (χ0n) is 14.1. The minimum Gasteiger partial charge on any atom is -0.363 e. The summed E-state index contributed by atoms with van der Waals surface area (Å²) in [5.74, 6) is -0.528. The van der Waals surface area contributed by atoms with Gasteiger partial charge in [-0.15, -0.1) is 0 Å². The second kappa shape index (κ2) is 6.39. The van der Waals surface area contributed by atoms with Gasteiger partial charge in [0.15, 0.2) is 5.72 Å². The fourth-order valence-electron chi connectivity index (χ4n) is 3.59. The molecule has 1 aliphatic heterocycles. The smallest absolute Gasteiger partial charge is 0.257 e. The molecule has 4 heteroatoms. The van der Waals surface area contributed by atoms with E-state index in [1.165, 1.54) is 17.0 Å². The van der Waals surface area contributed by atoms with Crippen molar-refractivity contribution in [3.8, 4) is 0 Å². The Bertz CT molecular complexity index is 957. The first kappa shape index (κ1) is 16.5. The van der Waals surface area contributed by atoms with Crippen molar-refractivity contribution in [1.29, 1.82) is 0 Å². The standard InChI is InChI=1S/C22H18FNO2/c23-18-10-6-7-16(15-18)13-14-24-21(25)19-11-4-5-12-20(19)22(24,26)17-8-2-1-3-9-17/h1-12,15,26H,13-14H2. The van der Waals surface area contributed by atoms with Crippen LogP contribution in [0.3, 0.4) is 0 Å². The number of hydrogen-bond donors (Lipinski definition) is 1. The van der Waals surface area contributed by atoms with Crippen molar-refractivity contribution in [2.75, 3.05) is 6.54 Å². The molecule has 0 aliphatic carbocycles. The molecule has 4 rings (SSSR count). The number of nitrogens with zero attached hydrogens (tertiary/aromatic N) is 1. The molecule has 1 unspecified atom stereocenters. The average molecular weight is 347 g/mol. The Kier molecular flexibility index (Phi) is 4.05. The van der Waals surface area contributed by atoms with Gasteiger partial charge in [-0.05, 0) is 30.2 Å². The molecule has 0 saturated carbocycles. The first-order chi connectivity index (χ1) is 12.6. The van der Waals surface area contributed by atoms with E-state index in [2.05, 4.69) is 0 Å². The predicted molar refractivity (Wildman–Crippen MR) is 97.0 cm³/mol. The third kappa shape index (κ3) is 2.59. The zero-order valence-corrected chi connectivity index (χ0v) is 14.1. The molecule has 130 valence electrons.